The van der Waals surface area contributed by atoms with Gasteiger partial charge in [-0.2, -0.15) is 0 Å². The molecule has 2 aliphatic heterocycles. The molecule has 28 heavy (non-hydrogen) atoms. The molecule has 1 fully saturated rings. The van der Waals surface area contributed by atoms with Gasteiger partial charge in [0.05, 0.1) is 6.04 Å². The summed E-state index contributed by atoms with van der Waals surface area (Å²) in [6.07, 6.45) is 1.94. The molecule has 6 nitrogen and oxygen atoms in total. The average Bonchev–Trinajstić information content (AvgIpc) is 3.47. The molecule has 0 spiro atoms. The molecule has 0 bridgehead atoms. The number of fused-ring (bicyclic) bond motifs is 1. The minimum absolute atomic E-state index is 0.0822. The summed E-state index contributed by atoms with van der Waals surface area (Å²) in [5.41, 5.74) is 3.50. The van der Waals surface area contributed by atoms with Crippen molar-refractivity contribution in [3.05, 3.63) is 65.4 Å². The third kappa shape index (κ3) is 2.91. The number of benzene rings is 2. The molecule has 142 valence electrons. The minimum atomic E-state index is -0.0983. The fourth-order valence-electron chi connectivity index (χ4n) is 3.85. The van der Waals surface area contributed by atoms with Crippen LogP contribution in [0.2, 0.25) is 0 Å². The number of aromatic nitrogens is 1. The van der Waals surface area contributed by atoms with Crippen molar-refractivity contribution in [1.29, 1.82) is 0 Å². The Kier molecular flexibility index (Phi) is 4.04. The third-order valence-corrected chi connectivity index (χ3v) is 5.36. The molecule has 2 aromatic carbocycles. The lowest BCUT2D eigenvalue weighted by atomic mass is 10.0. The number of carbonyl (C=O) groups excluding carboxylic acids is 1. The predicted octanol–water partition coefficient (Wildman–Crippen LogP) is 4.36. The minimum Gasteiger partial charge on any atom is -0.454 e. The zero-order valence-electron chi connectivity index (χ0n) is 15.6. The van der Waals surface area contributed by atoms with E-state index in [9.17, 15) is 4.79 Å². The molecule has 0 saturated carbocycles. The van der Waals surface area contributed by atoms with Crippen LogP contribution in [0, 0.1) is 6.92 Å². The lowest BCUT2D eigenvalue weighted by Gasteiger charge is -2.24. The highest BCUT2D eigenvalue weighted by Crippen LogP contribution is 2.37. The van der Waals surface area contributed by atoms with Gasteiger partial charge in [-0.3, -0.25) is 4.79 Å². The first-order valence-corrected chi connectivity index (χ1v) is 9.43. The van der Waals surface area contributed by atoms with Crippen molar-refractivity contribution in [2.24, 2.45) is 0 Å². The van der Waals surface area contributed by atoms with Gasteiger partial charge in [-0.05, 0) is 43.5 Å². The molecular formula is C22H20N2O4. The Bertz CT molecular complexity index is 1030. The molecule has 0 radical (unpaired) electrons. The van der Waals surface area contributed by atoms with E-state index in [2.05, 4.69) is 36.3 Å². The second-order valence-corrected chi connectivity index (χ2v) is 7.21. The summed E-state index contributed by atoms with van der Waals surface area (Å²) in [7, 11) is 0. The molecule has 6 heteroatoms. The van der Waals surface area contributed by atoms with Crippen LogP contribution in [0.3, 0.4) is 0 Å². The molecule has 0 N–H and O–H groups in total. The molecule has 1 saturated heterocycles. The highest BCUT2D eigenvalue weighted by molar-refractivity contribution is 5.93. The quantitative estimate of drug-likeness (QED) is 0.680. The maximum absolute atomic E-state index is 13.1. The number of ether oxygens (including phenoxy) is 2. The van der Waals surface area contributed by atoms with Crippen molar-refractivity contribution >= 4 is 5.91 Å². The van der Waals surface area contributed by atoms with Gasteiger partial charge in [0, 0.05) is 18.2 Å². The number of rotatable bonds is 3. The number of hydrogen-bond donors (Lipinski definition) is 0. The van der Waals surface area contributed by atoms with Crippen molar-refractivity contribution in [3.8, 4) is 22.8 Å². The number of likely N-dealkylation sites (tertiary alicyclic amines) is 1. The summed E-state index contributed by atoms with van der Waals surface area (Å²) in [5.74, 6) is 1.81. The van der Waals surface area contributed by atoms with Crippen LogP contribution in [-0.2, 0) is 0 Å². The van der Waals surface area contributed by atoms with Gasteiger partial charge in [-0.1, -0.05) is 35.0 Å². The first kappa shape index (κ1) is 16.9. The van der Waals surface area contributed by atoms with E-state index in [4.69, 9.17) is 14.0 Å². The standard InChI is InChI=1S/C22H20N2O4/c1-14-4-6-15(7-5-14)18-3-2-10-24(18)22(25)17-12-20(28-23-17)16-8-9-19-21(11-16)27-13-26-19/h4-9,11-12,18H,2-3,10,13H2,1H3/t18-/m0/s1. The molecule has 0 unspecified atom stereocenters. The Hall–Kier alpha value is -3.28. The summed E-state index contributed by atoms with van der Waals surface area (Å²) in [4.78, 5) is 15.0. The van der Waals surface area contributed by atoms with Gasteiger partial charge >= 0.3 is 0 Å². The molecule has 3 aromatic rings. The number of carbonyl (C=O) groups is 1. The predicted molar refractivity (Wildman–Crippen MR) is 102 cm³/mol. The fraction of sp³-hybridized carbons (Fsp3) is 0.273. The number of nitrogens with zero attached hydrogens (tertiary/aromatic N) is 2. The van der Waals surface area contributed by atoms with Crippen LogP contribution in [0.15, 0.2) is 53.1 Å². The second-order valence-electron chi connectivity index (χ2n) is 7.21. The van der Waals surface area contributed by atoms with E-state index >= 15 is 0 Å². The average molecular weight is 376 g/mol. The second kappa shape index (κ2) is 6.71. The van der Waals surface area contributed by atoms with Crippen molar-refractivity contribution in [3.63, 3.8) is 0 Å². The summed E-state index contributed by atoms with van der Waals surface area (Å²) >= 11 is 0. The molecule has 5 rings (SSSR count). The van der Waals surface area contributed by atoms with Gasteiger partial charge < -0.3 is 18.9 Å². The van der Waals surface area contributed by atoms with Crippen LogP contribution in [0.25, 0.3) is 11.3 Å². The van der Waals surface area contributed by atoms with Crippen molar-refractivity contribution < 1.29 is 18.8 Å². The van der Waals surface area contributed by atoms with Gasteiger partial charge in [0.1, 0.15) is 0 Å². The summed E-state index contributed by atoms with van der Waals surface area (Å²) < 4.78 is 16.2. The van der Waals surface area contributed by atoms with E-state index < -0.39 is 0 Å². The van der Waals surface area contributed by atoms with Crippen LogP contribution in [0.4, 0.5) is 0 Å². The van der Waals surface area contributed by atoms with Crippen LogP contribution in [-0.4, -0.2) is 29.3 Å². The molecular weight excluding hydrogens is 356 g/mol. The van der Waals surface area contributed by atoms with E-state index in [0.29, 0.717) is 23.0 Å². The summed E-state index contributed by atoms with van der Waals surface area (Å²) in [6.45, 7) is 3.01. The monoisotopic (exact) mass is 376 g/mol. The van der Waals surface area contributed by atoms with Crippen LogP contribution in [0.5, 0.6) is 11.5 Å². The molecule has 2 aliphatic rings. The van der Waals surface area contributed by atoms with E-state index in [-0.39, 0.29) is 18.7 Å². The Balaban J connectivity index is 1.39. The molecule has 1 atom stereocenters. The summed E-state index contributed by atoms with van der Waals surface area (Å²) in [5, 5.41) is 4.03. The van der Waals surface area contributed by atoms with Gasteiger partial charge in [0.25, 0.3) is 5.91 Å². The number of amides is 1. The van der Waals surface area contributed by atoms with Crippen LogP contribution >= 0.6 is 0 Å². The van der Waals surface area contributed by atoms with Gasteiger partial charge in [0.15, 0.2) is 23.0 Å². The van der Waals surface area contributed by atoms with E-state index in [1.807, 2.05) is 23.1 Å². The maximum atomic E-state index is 13.1. The largest absolute Gasteiger partial charge is 0.454 e. The Labute approximate surface area is 162 Å². The maximum Gasteiger partial charge on any atom is 0.276 e. The molecule has 3 heterocycles. The zero-order valence-corrected chi connectivity index (χ0v) is 15.6. The van der Waals surface area contributed by atoms with Gasteiger partial charge in [-0.15, -0.1) is 0 Å². The topological polar surface area (TPSA) is 64.8 Å². The third-order valence-electron chi connectivity index (χ3n) is 5.36. The van der Waals surface area contributed by atoms with Gasteiger partial charge in [0.2, 0.25) is 6.79 Å². The van der Waals surface area contributed by atoms with Crippen LogP contribution in [0.1, 0.15) is 40.5 Å². The van der Waals surface area contributed by atoms with Crippen LogP contribution < -0.4 is 9.47 Å². The first-order valence-electron chi connectivity index (χ1n) is 9.43. The Morgan fingerprint density at radius 3 is 2.75 bits per heavy atom. The van der Waals surface area contributed by atoms with E-state index in [1.165, 1.54) is 5.56 Å². The SMILES string of the molecule is Cc1ccc([C@@H]2CCCN2C(=O)c2cc(-c3ccc4c(c3)OCO4)on2)cc1. The lowest BCUT2D eigenvalue weighted by molar-refractivity contribution is 0.0725. The Morgan fingerprint density at radius 1 is 1.07 bits per heavy atom. The normalized spacial score (nSPS) is 17.9. The Morgan fingerprint density at radius 2 is 1.89 bits per heavy atom. The fourth-order valence-corrected chi connectivity index (χ4v) is 3.85. The van der Waals surface area contributed by atoms with Gasteiger partial charge in [-0.25, -0.2) is 0 Å². The molecule has 0 aliphatic carbocycles. The summed E-state index contributed by atoms with van der Waals surface area (Å²) in [6, 6.07) is 15.7. The molecule has 1 aromatic heterocycles. The first-order chi connectivity index (χ1) is 13.7. The van der Waals surface area contributed by atoms with E-state index in [0.717, 1.165) is 30.5 Å². The highest BCUT2D eigenvalue weighted by atomic mass is 16.7. The van der Waals surface area contributed by atoms with E-state index in [1.54, 1.807) is 6.07 Å². The molecule has 1 amide bonds. The zero-order chi connectivity index (χ0) is 19.1. The van der Waals surface area contributed by atoms with Crippen molar-refractivity contribution in [1.82, 2.24) is 10.1 Å². The highest BCUT2D eigenvalue weighted by Gasteiger charge is 2.32. The lowest BCUT2D eigenvalue weighted by Crippen LogP contribution is -2.30. The van der Waals surface area contributed by atoms with Crippen molar-refractivity contribution in [2.75, 3.05) is 13.3 Å². The number of hydrogen-bond acceptors (Lipinski definition) is 5. The smallest absolute Gasteiger partial charge is 0.276 e. The van der Waals surface area contributed by atoms with Crippen molar-refractivity contribution in [2.45, 2.75) is 25.8 Å². The number of aryl methyl sites for hydroxylation is 1.